The Balaban J connectivity index is 1.93. The SMILES string of the molecule is CC(C)C1CCN(CC(O)c2ccccc2F)C1. The van der Waals surface area contributed by atoms with Crippen molar-refractivity contribution in [2.45, 2.75) is 26.4 Å². The van der Waals surface area contributed by atoms with E-state index >= 15 is 0 Å². The van der Waals surface area contributed by atoms with Gasteiger partial charge in [0, 0.05) is 18.7 Å². The number of halogens is 1. The quantitative estimate of drug-likeness (QED) is 0.889. The second-order valence-electron chi connectivity index (χ2n) is 5.59. The molecule has 3 heteroatoms. The highest BCUT2D eigenvalue weighted by atomic mass is 19.1. The van der Waals surface area contributed by atoms with Crippen molar-refractivity contribution < 1.29 is 9.50 Å². The van der Waals surface area contributed by atoms with Gasteiger partial charge in [0.2, 0.25) is 0 Å². The van der Waals surface area contributed by atoms with Crippen LogP contribution in [0.25, 0.3) is 0 Å². The van der Waals surface area contributed by atoms with Gasteiger partial charge in [0.25, 0.3) is 0 Å². The van der Waals surface area contributed by atoms with E-state index in [1.165, 1.54) is 12.5 Å². The molecule has 2 rings (SSSR count). The predicted molar refractivity (Wildman–Crippen MR) is 70.7 cm³/mol. The zero-order valence-corrected chi connectivity index (χ0v) is 11.1. The van der Waals surface area contributed by atoms with Crippen LogP contribution >= 0.6 is 0 Å². The van der Waals surface area contributed by atoms with Gasteiger partial charge in [-0.3, -0.25) is 0 Å². The van der Waals surface area contributed by atoms with Crippen LogP contribution in [-0.4, -0.2) is 29.6 Å². The molecule has 0 spiro atoms. The Morgan fingerprint density at radius 2 is 2.11 bits per heavy atom. The van der Waals surface area contributed by atoms with Crippen LogP contribution in [0.4, 0.5) is 4.39 Å². The first-order valence-electron chi connectivity index (χ1n) is 6.72. The van der Waals surface area contributed by atoms with Gasteiger partial charge in [0.1, 0.15) is 5.82 Å². The minimum Gasteiger partial charge on any atom is -0.387 e. The number of β-amino-alcohol motifs (C(OH)–C–C–N with tert-alkyl or cyclic N) is 1. The minimum absolute atomic E-state index is 0.315. The van der Waals surface area contributed by atoms with Crippen LogP contribution < -0.4 is 0 Å². The van der Waals surface area contributed by atoms with Gasteiger partial charge in [-0.1, -0.05) is 32.0 Å². The minimum atomic E-state index is -0.725. The van der Waals surface area contributed by atoms with E-state index in [0.717, 1.165) is 13.1 Å². The predicted octanol–water partition coefficient (Wildman–Crippen LogP) is 2.84. The molecule has 0 radical (unpaired) electrons. The van der Waals surface area contributed by atoms with E-state index in [1.54, 1.807) is 18.2 Å². The standard InChI is InChI=1S/C15H22FNO/c1-11(2)12-7-8-17(9-12)10-15(18)13-5-3-4-6-14(13)16/h3-6,11-12,15,18H,7-10H2,1-2H3. The molecule has 100 valence electrons. The van der Waals surface area contributed by atoms with Crippen molar-refractivity contribution in [3.8, 4) is 0 Å². The van der Waals surface area contributed by atoms with E-state index in [0.29, 0.717) is 23.9 Å². The summed E-state index contributed by atoms with van der Waals surface area (Å²) in [7, 11) is 0. The Morgan fingerprint density at radius 3 is 2.72 bits per heavy atom. The molecule has 0 bridgehead atoms. The molecule has 1 aromatic carbocycles. The molecule has 1 aromatic rings. The van der Waals surface area contributed by atoms with Crippen molar-refractivity contribution in [1.82, 2.24) is 4.90 Å². The van der Waals surface area contributed by atoms with E-state index in [1.807, 2.05) is 0 Å². The largest absolute Gasteiger partial charge is 0.387 e. The summed E-state index contributed by atoms with van der Waals surface area (Å²) in [5.41, 5.74) is 0.408. The average molecular weight is 251 g/mol. The second-order valence-corrected chi connectivity index (χ2v) is 5.59. The molecule has 1 heterocycles. The van der Waals surface area contributed by atoms with Gasteiger partial charge in [-0.15, -0.1) is 0 Å². The van der Waals surface area contributed by atoms with Gasteiger partial charge in [0.05, 0.1) is 6.10 Å². The molecule has 18 heavy (non-hydrogen) atoms. The number of aliphatic hydroxyl groups excluding tert-OH is 1. The van der Waals surface area contributed by atoms with Crippen LogP contribution in [-0.2, 0) is 0 Å². The molecule has 2 unspecified atom stereocenters. The lowest BCUT2D eigenvalue weighted by Crippen LogP contribution is -2.27. The van der Waals surface area contributed by atoms with E-state index < -0.39 is 6.10 Å². The highest BCUT2D eigenvalue weighted by Gasteiger charge is 2.26. The van der Waals surface area contributed by atoms with Crippen molar-refractivity contribution in [3.05, 3.63) is 35.6 Å². The maximum Gasteiger partial charge on any atom is 0.129 e. The van der Waals surface area contributed by atoms with Crippen LogP contribution in [0.15, 0.2) is 24.3 Å². The zero-order chi connectivity index (χ0) is 13.1. The third kappa shape index (κ3) is 3.09. The van der Waals surface area contributed by atoms with Crippen LogP contribution in [0.5, 0.6) is 0 Å². The number of hydrogen-bond donors (Lipinski definition) is 1. The Hall–Kier alpha value is -0.930. The fraction of sp³-hybridized carbons (Fsp3) is 0.600. The van der Waals surface area contributed by atoms with E-state index in [-0.39, 0.29) is 5.82 Å². The van der Waals surface area contributed by atoms with E-state index in [9.17, 15) is 9.50 Å². The molecule has 1 fully saturated rings. The smallest absolute Gasteiger partial charge is 0.129 e. The molecule has 0 amide bonds. The van der Waals surface area contributed by atoms with Gasteiger partial charge in [-0.05, 0) is 30.9 Å². The first kappa shape index (κ1) is 13.5. The summed E-state index contributed by atoms with van der Waals surface area (Å²) in [6.07, 6.45) is 0.457. The third-order valence-corrected chi connectivity index (χ3v) is 3.95. The second kappa shape index (κ2) is 5.81. The van der Waals surface area contributed by atoms with Gasteiger partial charge in [-0.25, -0.2) is 4.39 Å². The molecule has 1 aliphatic heterocycles. The van der Waals surface area contributed by atoms with Crippen LogP contribution in [0.1, 0.15) is 31.9 Å². The molecule has 0 saturated carbocycles. The number of benzene rings is 1. The summed E-state index contributed by atoms with van der Waals surface area (Å²) < 4.78 is 13.5. The van der Waals surface area contributed by atoms with Gasteiger partial charge in [0.15, 0.2) is 0 Å². The van der Waals surface area contributed by atoms with Crippen molar-refractivity contribution in [3.63, 3.8) is 0 Å². The summed E-state index contributed by atoms with van der Waals surface area (Å²) in [5.74, 6) is 1.07. The Morgan fingerprint density at radius 1 is 1.39 bits per heavy atom. The van der Waals surface area contributed by atoms with Gasteiger partial charge in [-0.2, -0.15) is 0 Å². The molecule has 1 aliphatic rings. The zero-order valence-electron chi connectivity index (χ0n) is 11.1. The lowest BCUT2D eigenvalue weighted by molar-refractivity contribution is 0.119. The monoisotopic (exact) mass is 251 g/mol. The van der Waals surface area contributed by atoms with E-state index in [4.69, 9.17) is 0 Å². The lowest BCUT2D eigenvalue weighted by atomic mass is 9.95. The topological polar surface area (TPSA) is 23.5 Å². The Bertz CT molecular complexity index is 394. The molecular formula is C15H22FNO. The third-order valence-electron chi connectivity index (χ3n) is 3.95. The number of rotatable bonds is 4. The highest BCUT2D eigenvalue weighted by Crippen LogP contribution is 2.26. The molecule has 1 N–H and O–H groups in total. The summed E-state index contributed by atoms with van der Waals surface area (Å²) in [6, 6.07) is 6.48. The molecule has 1 saturated heterocycles. The van der Waals surface area contributed by atoms with E-state index in [2.05, 4.69) is 18.7 Å². The fourth-order valence-electron chi connectivity index (χ4n) is 2.66. The summed E-state index contributed by atoms with van der Waals surface area (Å²) in [5, 5.41) is 10.1. The van der Waals surface area contributed by atoms with Crippen molar-refractivity contribution in [2.24, 2.45) is 11.8 Å². The maximum atomic E-state index is 13.5. The Labute approximate surface area is 108 Å². The number of nitrogens with zero attached hydrogens (tertiary/aromatic N) is 1. The molecule has 0 aliphatic carbocycles. The van der Waals surface area contributed by atoms with Crippen LogP contribution in [0.3, 0.4) is 0 Å². The molecule has 2 nitrogen and oxygen atoms in total. The van der Waals surface area contributed by atoms with Gasteiger partial charge >= 0.3 is 0 Å². The summed E-state index contributed by atoms with van der Waals surface area (Å²) in [4.78, 5) is 2.24. The van der Waals surface area contributed by atoms with Crippen molar-refractivity contribution >= 4 is 0 Å². The number of aliphatic hydroxyl groups is 1. The highest BCUT2D eigenvalue weighted by molar-refractivity contribution is 5.20. The maximum absolute atomic E-state index is 13.5. The first-order chi connectivity index (χ1) is 8.58. The number of hydrogen-bond acceptors (Lipinski definition) is 2. The van der Waals surface area contributed by atoms with Crippen LogP contribution in [0.2, 0.25) is 0 Å². The van der Waals surface area contributed by atoms with Gasteiger partial charge < -0.3 is 10.0 Å². The normalized spacial score (nSPS) is 22.6. The molecule has 0 aromatic heterocycles. The fourth-order valence-corrected chi connectivity index (χ4v) is 2.66. The summed E-state index contributed by atoms with van der Waals surface area (Å²) >= 11 is 0. The average Bonchev–Trinajstić information content (AvgIpc) is 2.78. The molecule has 2 atom stereocenters. The van der Waals surface area contributed by atoms with Crippen LogP contribution in [0, 0.1) is 17.7 Å². The Kier molecular flexibility index (Phi) is 4.36. The first-order valence-corrected chi connectivity index (χ1v) is 6.72. The number of likely N-dealkylation sites (tertiary alicyclic amines) is 1. The van der Waals surface area contributed by atoms with Crippen molar-refractivity contribution in [1.29, 1.82) is 0 Å². The summed E-state index contributed by atoms with van der Waals surface area (Å²) in [6.45, 7) is 7.03. The van der Waals surface area contributed by atoms with Crippen molar-refractivity contribution in [2.75, 3.05) is 19.6 Å². The lowest BCUT2D eigenvalue weighted by Gasteiger charge is -2.21. The molecular weight excluding hydrogens is 229 g/mol.